The molecule has 0 saturated heterocycles. The lowest BCUT2D eigenvalue weighted by Crippen LogP contribution is -2.45. The zero-order valence-corrected chi connectivity index (χ0v) is 15.6. The number of thiocarbonyl (C=S) groups is 1. The second-order valence-electron chi connectivity index (χ2n) is 6.46. The number of fused-ring (bicyclic) bond motifs is 1. The van der Waals surface area contributed by atoms with Crippen LogP contribution in [-0.2, 0) is 0 Å². The zero-order valence-electron chi connectivity index (χ0n) is 14.8. The van der Waals surface area contributed by atoms with Crippen LogP contribution in [0.25, 0.3) is 10.8 Å². The monoisotopic (exact) mass is 373 g/mol. The third kappa shape index (κ3) is 3.41. The molecule has 3 aromatic carbocycles. The molecule has 1 atom stereocenters. The number of urea groups is 1. The van der Waals surface area contributed by atoms with Gasteiger partial charge in [-0.3, -0.25) is 0 Å². The van der Waals surface area contributed by atoms with Gasteiger partial charge in [0.05, 0.1) is 6.04 Å². The zero-order chi connectivity index (χ0) is 18.8. The van der Waals surface area contributed by atoms with Gasteiger partial charge < -0.3 is 16.0 Å². The van der Waals surface area contributed by atoms with Gasteiger partial charge in [-0.1, -0.05) is 72.9 Å². The summed E-state index contributed by atoms with van der Waals surface area (Å²) < 4.78 is 0. The fraction of sp³-hybridized carbons (Fsp3) is 0.0909. The Balaban J connectivity index is 1.78. The SMILES string of the molecule is CC1=C(C(=S)Nc2ccccc2)[C@@H](c2cccc3ccccc23)NC(=O)N1. The molecule has 27 heavy (non-hydrogen) atoms. The summed E-state index contributed by atoms with van der Waals surface area (Å²) in [6, 6.07) is 23.5. The summed E-state index contributed by atoms with van der Waals surface area (Å²) in [5, 5.41) is 11.4. The molecular formula is C22H19N3OS. The number of carbonyl (C=O) groups is 1. The van der Waals surface area contributed by atoms with Crippen LogP contribution in [0.5, 0.6) is 0 Å². The Kier molecular flexibility index (Phi) is 4.60. The second-order valence-corrected chi connectivity index (χ2v) is 6.87. The van der Waals surface area contributed by atoms with Crippen molar-refractivity contribution >= 4 is 39.7 Å². The van der Waals surface area contributed by atoms with Gasteiger partial charge in [-0.05, 0) is 35.4 Å². The van der Waals surface area contributed by atoms with Crippen molar-refractivity contribution in [2.45, 2.75) is 13.0 Å². The van der Waals surface area contributed by atoms with Crippen LogP contribution in [0.4, 0.5) is 10.5 Å². The quantitative estimate of drug-likeness (QED) is 0.572. The van der Waals surface area contributed by atoms with Crippen molar-refractivity contribution < 1.29 is 4.79 Å². The van der Waals surface area contributed by atoms with Crippen molar-refractivity contribution in [2.75, 3.05) is 5.32 Å². The van der Waals surface area contributed by atoms with E-state index in [1.165, 1.54) is 0 Å². The maximum absolute atomic E-state index is 12.2. The molecule has 0 radical (unpaired) electrons. The molecule has 2 amide bonds. The fourth-order valence-corrected chi connectivity index (χ4v) is 3.84. The lowest BCUT2D eigenvalue weighted by Gasteiger charge is -2.30. The smallest absolute Gasteiger partial charge is 0.319 e. The Hall–Kier alpha value is -3.18. The van der Waals surface area contributed by atoms with Crippen LogP contribution in [0.1, 0.15) is 18.5 Å². The number of para-hydroxylation sites is 1. The van der Waals surface area contributed by atoms with Gasteiger partial charge in [-0.2, -0.15) is 0 Å². The number of amides is 2. The average Bonchev–Trinajstić information content (AvgIpc) is 2.67. The molecule has 0 bridgehead atoms. The molecule has 4 nitrogen and oxygen atoms in total. The molecule has 0 aliphatic carbocycles. The van der Waals surface area contributed by atoms with Gasteiger partial charge in [0.25, 0.3) is 0 Å². The summed E-state index contributed by atoms with van der Waals surface area (Å²) in [5.41, 5.74) is 3.56. The van der Waals surface area contributed by atoms with Crippen molar-refractivity contribution in [3.8, 4) is 0 Å². The van der Waals surface area contributed by atoms with Crippen LogP contribution in [0.3, 0.4) is 0 Å². The Bertz CT molecular complexity index is 1050. The number of rotatable bonds is 3. The highest BCUT2D eigenvalue weighted by Gasteiger charge is 2.30. The van der Waals surface area contributed by atoms with Gasteiger partial charge in [0.15, 0.2) is 0 Å². The predicted octanol–water partition coefficient (Wildman–Crippen LogP) is 4.91. The topological polar surface area (TPSA) is 53.2 Å². The van der Waals surface area contributed by atoms with Gasteiger partial charge in [-0.25, -0.2) is 4.79 Å². The molecule has 0 saturated carbocycles. The minimum absolute atomic E-state index is 0.225. The summed E-state index contributed by atoms with van der Waals surface area (Å²) in [7, 11) is 0. The van der Waals surface area contributed by atoms with E-state index in [4.69, 9.17) is 12.2 Å². The van der Waals surface area contributed by atoms with E-state index >= 15 is 0 Å². The van der Waals surface area contributed by atoms with Crippen molar-refractivity contribution in [2.24, 2.45) is 0 Å². The summed E-state index contributed by atoms with van der Waals surface area (Å²) in [6.07, 6.45) is 0. The number of carbonyl (C=O) groups excluding carboxylic acids is 1. The number of hydrogen-bond donors (Lipinski definition) is 3. The highest BCUT2D eigenvalue weighted by Crippen LogP contribution is 2.32. The first-order chi connectivity index (χ1) is 13.1. The van der Waals surface area contributed by atoms with Crippen LogP contribution < -0.4 is 16.0 Å². The molecule has 0 unspecified atom stereocenters. The molecule has 3 aromatic rings. The molecule has 0 spiro atoms. The van der Waals surface area contributed by atoms with E-state index in [0.717, 1.165) is 33.3 Å². The van der Waals surface area contributed by atoms with E-state index in [9.17, 15) is 4.79 Å². The Morgan fingerprint density at radius 3 is 2.48 bits per heavy atom. The number of anilines is 1. The van der Waals surface area contributed by atoms with Crippen LogP contribution in [-0.4, -0.2) is 11.0 Å². The number of benzene rings is 3. The van der Waals surface area contributed by atoms with E-state index in [2.05, 4.69) is 34.1 Å². The lowest BCUT2D eigenvalue weighted by molar-refractivity contribution is 0.239. The van der Waals surface area contributed by atoms with Crippen LogP contribution in [0, 0.1) is 0 Å². The molecule has 1 aliphatic rings. The molecule has 1 aliphatic heterocycles. The second kappa shape index (κ2) is 7.21. The first-order valence-corrected chi connectivity index (χ1v) is 9.16. The third-order valence-corrected chi connectivity index (χ3v) is 5.00. The average molecular weight is 373 g/mol. The summed E-state index contributed by atoms with van der Waals surface area (Å²) in [5.74, 6) is 0. The van der Waals surface area contributed by atoms with Crippen LogP contribution in [0.2, 0.25) is 0 Å². The first-order valence-electron chi connectivity index (χ1n) is 8.76. The highest BCUT2D eigenvalue weighted by atomic mass is 32.1. The highest BCUT2D eigenvalue weighted by molar-refractivity contribution is 7.81. The van der Waals surface area contributed by atoms with E-state index in [-0.39, 0.29) is 12.1 Å². The van der Waals surface area contributed by atoms with Crippen molar-refractivity contribution in [1.82, 2.24) is 10.6 Å². The molecular weight excluding hydrogens is 354 g/mol. The van der Waals surface area contributed by atoms with Crippen molar-refractivity contribution in [1.29, 1.82) is 0 Å². The van der Waals surface area contributed by atoms with Gasteiger partial charge in [0, 0.05) is 17.0 Å². The Morgan fingerprint density at radius 2 is 1.67 bits per heavy atom. The summed E-state index contributed by atoms with van der Waals surface area (Å²) in [4.78, 5) is 12.8. The molecule has 0 fully saturated rings. The van der Waals surface area contributed by atoms with Crippen molar-refractivity contribution in [3.63, 3.8) is 0 Å². The standard InChI is InChI=1S/C22H19N3OS/c1-14-19(21(27)24-16-10-3-2-4-11-16)20(25-22(26)23-14)18-13-7-9-15-8-5-6-12-17(15)18/h2-13,20H,1H3,(H,24,27)(H2,23,25,26)/t20-/m1/s1. The van der Waals surface area contributed by atoms with Crippen molar-refractivity contribution in [3.05, 3.63) is 89.6 Å². The van der Waals surface area contributed by atoms with E-state index in [1.807, 2.05) is 61.5 Å². The summed E-state index contributed by atoms with van der Waals surface area (Å²) >= 11 is 5.71. The molecule has 3 N–H and O–H groups in total. The number of allylic oxidation sites excluding steroid dienone is 1. The van der Waals surface area contributed by atoms with Gasteiger partial charge in [0.1, 0.15) is 4.99 Å². The van der Waals surface area contributed by atoms with Gasteiger partial charge in [-0.15, -0.1) is 0 Å². The van der Waals surface area contributed by atoms with E-state index < -0.39 is 0 Å². The molecule has 134 valence electrons. The predicted molar refractivity (Wildman–Crippen MR) is 114 cm³/mol. The first kappa shape index (κ1) is 17.2. The Labute approximate surface area is 163 Å². The Morgan fingerprint density at radius 1 is 0.963 bits per heavy atom. The maximum atomic E-state index is 12.2. The molecule has 5 heteroatoms. The van der Waals surface area contributed by atoms with Crippen LogP contribution >= 0.6 is 12.2 Å². The summed E-state index contributed by atoms with van der Waals surface area (Å²) in [6.45, 7) is 1.88. The fourth-order valence-electron chi connectivity index (χ4n) is 3.45. The molecule has 0 aromatic heterocycles. The normalized spacial score (nSPS) is 16.6. The van der Waals surface area contributed by atoms with Crippen LogP contribution in [0.15, 0.2) is 84.1 Å². The third-order valence-electron chi connectivity index (χ3n) is 4.68. The lowest BCUT2D eigenvalue weighted by atomic mass is 9.91. The number of hydrogen-bond acceptors (Lipinski definition) is 2. The minimum Gasteiger partial charge on any atom is -0.346 e. The minimum atomic E-state index is -0.325. The molecule has 1 heterocycles. The number of nitrogens with one attached hydrogen (secondary N) is 3. The largest absolute Gasteiger partial charge is 0.346 e. The van der Waals surface area contributed by atoms with Gasteiger partial charge >= 0.3 is 6.03 Å². The van der Waals surface area contributed by atoms with E-state index in [1.54, 1.807) is 0 Å². The van der Waals surface area contributed by atoms with Gasteiger partial charge in [0.2, 0.25) is 0 Å². The maximum Gasteiger partial charge on any atom is 0.319 e. The van der Waals surface area contributed by atoms with E-state index in [0.29, 0.717) is 4.99 Å². The molecule has 4 rings (SSSR count).